The minimum atomic E-state index is -0.0333. The molecule has 0 aliphatic carbocycles. The van der Waals surface area contributed by atoms with Crippen LogP contribution < -0.4 is 0 Å². The molecule has 0 atom stereocenters. The minimum absolute atomic E-state index is 0.0333. The molecule has 2 rings (SSSR count). The fraction of sp³-hybridized carbons (Fsp3) is 0.133. The molecule has 0 saturated carbocycles. The first kappa shape index (κ1) is 12.7. The van der Waals surface area contributed by atoms with Crippen molar-refractivity contribution in [1.29, 1.82) is 0 Å². The summed E-state index contributed by atoms with van der Waals surface area (Å²) < 4.78 is 0. The number of benzene rings is 2. The molecule has 0 spiro atoms. The van der Waals surface area contributed by atoms with Crippen molar-refractivity contribution in [1.82, 2.24) is 0 Å². The van der Waals surface area contributed by atoms with Gasteiger partial charge in [-0.15, -0.1) is 11.8 Å². The van der Waals surface area contributed by atoms with E-state index in [0.29, 0.717) is 11.3 Å². The van der Waals surface area contributed by atoms with Crippen LogP contribution in [0.3, 0.4) is 0 Å². The second-order valence-corrected chi connectivity index (χ2v) is 4.90. The Hall–Kier alpha value is -1.74. The van der Waals surface area contributed by atoms with Crippen molar-refractivity contribution < 1.29 is 9.90 Å². The van der Waals surface area contributed by atoms with Gasteiger partial charge in [0.05, 0.1) is 11.3 Å². The first-order valence-corrected chi connectivity index (χ1v) is 6.85. The van der Waals surface area contributed by atoms with Gasteiger partial charge in [0.1, 0.15) is 5.75 Å². The van der Waals surface area contributed by atoms with Gasteiger partial charge >= 0.3 is 0 Å². The van der Waals surface area contributed by atoms with Crippen molar-refractivity contribution in [2.24, 2.45) is 0 Å². The Morgan fingerprint density at radius 2 is 1.67 bits per heavy atom. The van der Waals surface area contributed by atoms with Crippen molar-refractivity contribution >= 4 is 17.5 Å². The third-order valence-corrected chi connectivity index (χ3v) is 3.55. The molecule has 0 fully saturated rings. The summed E-state index contributed by atoms with van der Waals surface area (Å²) in [5.74, 6) is 1.21. The fourth-order valence-corrected chi connectivity index (χ4v) is 2.49. The average molecular weight is 258 g/mol. The van der Waals surface area contributed by atoms with Crippen LogP contribution in [0, 0.1) is 0 Å². The van der Waals surface area contributed by atoms with Gasteiger partial charge in [0.2, 0.25) is 0 Å². The quantitative estimate of drug-likeness (QED) is 0.834. The summed E-state index contributed by atoms with van der Waals surface area (Å²) in [4.78, 5) is 11.9. The molecule has 0 heterocycles. The second kappa shape index (κ2) is 6.26. The summed E-state index contributed by atoms with van der Waals surface area (Å²) in [6.45, 7) is 0. The molecule has 18 heavy (non-hydrogen) atoms. The van der Waals surface area contributed by atoms with E-state index in [1.54, 1.807) is 30.0 Å². The third kappa shape index (κ3) is 3.37. The van der Waals surface area contributed by atoms with E-state index in [0.717, 1.165) is 5.75 Å². The first-order valence-electron chi connectivity index (χ1n) is 5.70. The predicted molar refractivity (Wildman–Crippen MR) is 75.0 cm³/mol. The lowest BCUT2D eigenvalue weighted by Crippen LogP contribution is -2.02. The Balaban J connectivity index is 1.88. The third-order valence-electron chi connectivity index (χ3n) is 2.55. The number of para-hydroxylation sites is 1. The lowest BCUT2D eigenvalue weighted by Gasteiger charge is -2.03. The maximum Gasteiger partial charge on any atom is 0.176 e. The normalized spacial score (nSPS) is 10.2. The zero-order valence-corrected chi connectivity index (χ0v) is 10.7. The molecule has 3 heteroatoms. The van der Waals surface area contributed by atoms with E-state index in [-0.39, 0.29) is 11.5 Å². The molecule has 0 bridgehead atoms. The van der Waals surface area contributed by atoms with E-state index in [4.69, 9.17) is 0 Å². The van der Waals surface area contributed by atoms with Crippen LogP contribution in [0.5, 0.6) is 5.75 Å². The van der Waals surface area contributed by atoms with Gasteiger partial charge < -0.3 is 5.11 Å². The molecular weight excluding hydrogens is 244 g/mol. The van der Waals surface area contributed by atoms with Crippen LogP contribution in [0.2, 0.25) is 0 Å². The number of ketones is 1. The zero-order valence-electron chi connectivity index (χ0n) is 9.87. The van der Waals surface area contributed by atoms with Crippen LogP contribution in [-0.4, -0.2) is 16.6 Å². The van der Waals surface area contributed by atoms with E-state index in [1.807, 2.05) is 30.3 Å². The van der Waals surface area contributed by atoms with Gasteiger partial charge in [-0.25, -0.2) is 0 Å². The molecule has 2 aromatic rings. The van der Waals surface area contributed by atoms with Gasteiger partial charge in [-0.2, -0.15) is 0 Å². The molecule has 0 aromatic heterocycles. The van der Waals surface area contributed by atoms with Gasteiger partial charge in [0.25, 0.3) is 0 Å². The molecule has 92 valence electrons. The van der Waals surface area contributed by atoms with E-state index < -0.39 is 0 Å². The number of carbonyl (C=O) groups is 1. The Bertz CT molecular complexity index is 523. The standard InChI is InChI=1S/C15H14O2S/c16-14-9-5-4-8-13(14)15(17)11-18-10-12-6-2-1-3-7-12/h1-9,16H,10-11H2. The van der Waals surface area contributed by atoms with Crippen molar-refractivity contribution in [3.8, 4) is 5.75 Å². The van der Waals surface area contributed by atoms with Crippen LogP contribution in [0.1, 0.15) is 15.9 Å². The highest BCUT2D eigenvalue weighted by Crippen LogP contribution is 2.19. The van der Waals surface area contributed by atoms with E-state index in [1.165, 1.54) is 11.6 Å². The van der Waals surface area contributed by atoms with Gasteiger partial charge in [0, 0.05) is 5.75 Å². The van der Waals surface area contributed by atoms with Crippen molar-refractivity contribution in [2.45, 2.75) is 5.75 Å². The number of hydrogen-bond donors (Lipinski definition) is 1. The number of thioether (sulfide) groups is 1. The summed E-state index contributed by atoms with van der Waals surface area (Å²) in [6.07, 6.45) is 0. The topological polar surface area (TPSA) is 37.3 Å². The van der Waals surface area contributed by atoms with Gasteiger partial charge in [-0.05, 0) is 17.7 Å². The van der Waals surface area contributed by atoms with Crippen molar-refractivity contribution in [3.63, 3.8) is 0 Å². The second-order valence-electron chi connectivity index (χ2n) is 3.92. The summed E-state index contributed by atoms with van der Waals surface area (Å²) in [5.41, 5.74) is 1.60. The highest BCUT2D eigenvalue weighted by atomic mass is 32.2. The van der Waals surface area contributed by atoms with Gasteiger partial charge in [0.15, 0.2) is 5.78 Å². The van der Waals surface area contributed by atoms with Gasteiger partial charge in [-0.1, -0.05) is 42.5 Å². The highest BCUT2D eigenvalue weighted by molar-refractivity contribution is 7.99. The SMILES string of the molecule is O=C(CSCc1ccccc1)c1ccccc1O. The van der Waals surface area contributed by atoms with Gasteiger partial charge in [-0.3, -0.25) is 4.79 Å². The molecule has 0 amide bonds. The average Bonchev–Trinajstić information content (AvgIpc) is 2.40. The zero-order chi connectivity index (χ0) is 12.8. The van der Waals surface area contributed by atoms with E-state index >= 15 is 0 Å². The number of carbonyl (C=O) groups excluding carboxylic acids is 1. The highest BCUT2D eigenvalue weighted by Gasteiger charge is 2.09. The van der Waals surface area contributed by atoms with Crippen molar-refractivity contribution in [3.05, 3.63) is 65.7 Å². The summed E-state index contributed by atoms with van der Waals surface area (Å²) >= 11 is 1.56. The monoisotopic (exact) mass is 258 g/mol. The molecule has 2 nitrogen and oxygen atoms in total. The largest absolute Gasteiger partial charge is 0.507 e. The maximum atomic E-state index is 11.9. The fourth-order valence-electron chi connectivity index (χ4n) is 1.62. The Labute approximate surface area is 111 Å². The van der Waals surface area contributed by atoms with Crippen LogP contribution in [0.4, 0.5) is 0 Å². The predicted octanol–water partition coefficient (Wildman–Crippen LogP) is 3.51. The molecule has 2 aromatic carbocycles. The number of phenolic OH excluding ortho intramolecular Hbond substituents is 1. The molecule has 0 unspecified atom stereocenters. The van der Waals surface area contributed by atoms with Crippen LogP contribution >= 0.6 is 11.8 Å². The summed E-state index contributed by atoms with van der Waals surface area (Å²) in [7, 11) is 0. The molecule has 0 saturated heterocycles. The number of aromatic hydroxyl groups is 1. The first-order chi connectivity index (χ1) is 8.77. The number of Topliss-reactive ketones (excluding diaryl/α,β-unsaturated/α-hetero) is 1. The molecule has 1 N–H and O–H groups in total. The molecular formula is C15H14O2S. The summed E-state index contributed by atoms with van der Waals surface area (Å²) in [5, 5.41) is 9.57. The molecule has 0 radical (unpaired) electrons. The Kier molecular flexibility index (Phi) is 4.42. The van der Waals surface area contributed by atoms with Crippen molar-refractivity contribution in [2.75, 3.05) is 5.75 Å². The van der Waals surface area contributed by atoms with Crippen LogP contribution in [0.25, 0.3) is 0 Å². The van der Waals surface area contributed by atoms with E-state index in [9.17, 15) is 9.90 Å². The molecule has 0 aliphatic rings. The Morgan fingerprint density at radius 1 is 1.00 bits per heavy atom. The van der Waals surface area contributed by atoms with E-state index in [2.05, 4.69) is 0 Å². The summed E-state index contributed by atoms with van der Waals surface area (Å²) in [6, 6.07) is 16.7. The lowest BCUT2D eigenvalue weighted by molar-refractivity contribution is 0.102. The lowest BCUT2D eigenvalue weighted by atomic mass is 10.1. The smallest absolute Gasteiger partial charge is 0.176 e. The maximum absolute atomic E-state index is 11.9. The van der Waals surface area contributed by atoms with Crippen LogP contribution in [0.15, 0.2) is 54.6 Å². The number of rotatable bonds is 5. The molecule has 0 aliphatic heterocycles. The Morgan fingerprint density at radius 3 is 2.39 bits per heavy atom. The van der Waals surface area contributed by atoms with Crippen LogP contribution in [-0.2, 0) is 5.75 Å². The number of hydrogen-bond acceptors (Lipinski definition) is 3. The minimum Gasteiger partial charge on any atom is -0.507 e. The number of phenols is 1.